The molecule has 1 N–H and O–H groups in total. The number of hydrogen-bond donors (Lipinski definition) is 1. The quantitative estimate of drug-likeness (QED) is 0.805. The van der Waals surface area contributed by atoms with Crippen molar-refractivity contribution in [2.24, 2.45) is 0 Å². The number of Topliss-reactive ketones (excluding diaryl/α,β-unsaturated/α-hetero) is 1. The first kappa shape index (κ1) is 18.0. The minimum absolute atomic E-state index is 0.0846. The van der Waals surface area contributed by atoms with Crippen molar-refractivity contribution in [3.05, 3.63) is 58.8 Å². The summed E-state index contributed by atoms with van der Waals surface area (Å²) in [6, 6.07) is 10.4. The van der Waals surface area contributed by atoms with Crippen LogP contribution in [0.4, 0.5) is 0 Å². The SMILES string of the molecule is CC[NH+](CC)Cc1c([O-])ccc2c1O/C(=C\c1cccc(OC)c1)C2=O. The van der Waals surface area contributed by atoms with Crippen molar-refractivity contribution in [2.45, 2.75) is 20.4 Å². The second-order valence-corrected chi connectivity index (χ2v) is 6.27. The van der Waals surface area contributed by atoms with Crippen LogP contribution in [0.15, 0.2) is 42.2 Å². The topological polar surface area (TPSA) is 63.0 Å². The lowest BCUT2D eigenvalue weighted by Gasteiger charge is -2.21. The van der Waals surface area contributed by atoms with Gasteiger partial charge in [-0.2, -0.15) is 0 Å². The highest BCUT2D eigenvalue weighted by molar-refractivity contribution is 6.14. The molecule has 0 fully saturated rings. The molecule has 0 unspecified atom stereocenters. The number of allylic oxidation sites excluding steroid dienone is 1. The van der Waals surface area contributed by atoms with Gasteiger partial charge in [-0.05, 0) is 43.7 Å². The molecule has 1 aliphatic rings. The Morgan fingerprint density at radius 1 is 1.19 bits per heavy atom. The Labute approximate surface area is 153 Å². The molecule has 0 spiro atoms. The fourth-order valence-electron chi connectivity index (χ4n) is 3.09. The molecular weight excluding hydrogens is 330 g/mol. The molecule has 5 nitrogen and oxygen atoms in total. The Morgan fingerprint density at radius 3 is 2.65 bits per heavy atom. The lowest BCUT2D eigenvalue weighted by atomic mass is 10.0. The maximum absolute atomic E-state index is 12.7. The summed E-state index contributed by atoms with van der Waals surface area (Å²) < 4.78 is 11.1. The van der Waals surface area contributed by atoms with Crippen LogP contribution in [0, 0.1) is 0 Å². The third-order valence-electron chi connectivity index (χ3n) is 4.72. The molecule has 1 aliphatic heterocycles. The summed E-state index contributed by atoms with van der Waals surface area (Å²) in [6.45, 7) is 6.51. The number of carbonyl (C=O) groups is 1. The summed E-state index contributed by atoms with van der Waals surface area (Å²) in [6.07, 6.45) is 1.68. The minimum atomic E-state index is -0.196. The molecule has 1 heterocycles. The van der Waals surface area contributed by atoms with Gasteiger partial charge in [0.1, 0.15) is 18.0 Å². The molecule has 3 rings (SSSR count). The van der Waals surface area contributed by atoms with Gasteiger partial charge in [-0.3, -0.25) is 4.79 Å². The van der Waals surface area contributed by atoms with Gasteiger partial charge in [-0.1, -0.05) is 23.9 Å². The third kappa shape index (κ3) is 3.44. The normalized spacial score (nSPS) is 14.6. The standard InChI is InChI=1S/C21H23NO4/c1-4-22(5-2)13-17-18(23)10-9-16-20(24)19(26-21(16)17)12-14-7-6-8-15(11-14)25-3/h6-12,23H,4-5,13H2,1-3H3/b19-12-. The summed E-state index contributed by atoms with van der Waals surface area (Å²) in [5.41, 5.74) is 1.84. The predicted octanol–water partition coefficient (Wildman–Crippen LogP) is 1.81. The smallest absolute Gasteiger partial charge is 0.231 e. The summed E-state index contributed by atoms with van der Waals surface area (Å²) in [7, 11) is 1.59. The summed E-state index contributed by atoms with van der Waals surface area (Å²) in [4.78, 5) is 14.0. The van der Waals surface area contributed by atoms with E-state index in [0.717, 1.165) is 18.7 Å². The average Bonchev–Trinajstić information content (AvgIpc) is 2.97. The fourth-order valence-corrected chi connectivity index (χ4v) is 3.09. The highest BCUT2D eigenvalue weighted by atomic mass is 16.5. The van der Waals surface area contributed by atoms with Gasteiger partial charge in [0.2, 0.25) is 5.78 Å². The molecule has 0 radical (unpaired) electrons. The maximum atomic E-state index is 12.7. The van der Waals surface area contributed by atoms with E-state index in [2.05, 4.69) is 13.8 Å². The zero-order chi connectivity index (χ0) is 18.7. The van der Waals surface area contributed by atoms with Gasteiger partial charge in [0.05, 0.1) is 25.8 Å². The Hall–Kier alpha value is -2.79. The van der Waals surface area contributed by atoms with Gasteiger partial charge >= 0.3 is 0 Å². The first-order valence-electron chi connectivity index (χ1n) is 8.82. The van der Waals surface area contributed by atoms with E-state index in [1.807, 2.05) is 24.3 Å². The van der Waals surface area contributed by atoms with Gasteiger partial charge in [0.25, 0.3) is 0 Å². The highest BCUT2D eigenvalue weighted by Gasteiger charge is 2.30. The van der Waals surface area contributed by atoms with Crippen LogP contribution in [0.1, 0.15) is 35.3 Å². The number of carbonyl (C=O) groups excluding carboxylic acids is 1. The number of ketones is 1. The first-order chi connectivity index (χ1) is 12.6. The molecule has 26 heavy (non-hydrogen) atoms. The van der Waals surface area contributed by atoms with E-state index in [-0.39, 0.29) is 17.3 Å². The van der Waals surface area contributed by atoms with Crippen LogP contribution in [0.5, 0.6) is 17.2 Å². The number of ether oxygens (including phenoxy) is 2. The van der Waals surface area contributed by atoms with Crippen LogP contribution >= 0.6 is 0 Å². The summed E-state index contributed by atoms with van der Waals surface area (Å²) in [5.74, 6) is 1.07. The van der Waals surface area contributed by atoms with Crippen LogP contribution < -0.4 is 19.5 Å². The number of benzene rings is 2. The van der Waals surface area contributed by atoms with Crippen molar-refractivity contribution < 1.29 is 24.3 Å². The number of hydrogen-bond acceptors (Lipinski definition) is 4. The average molecular weight is 353 g/mol. The summed E-state index contributed by atoms with van der Waals surface area (Å²) >= 11 is 0. The highest BCUT2D eigenvalue weighted by Crippen LogP contribution is 2.38. The third-order valence-corrected chi connectivity index (χ3v) is 4.72. The lowest BCUT2D eigenvalue weighted by molar-refractivity contribution is -0.910. The van der Waals surface area contributed by atoms with Crippen LogP contribution in [0.3, 0.4) is 0 Å². The minimum Gasteiger partial charge on any atom is -0.872 e. The molecule has 136 valence electrons. The number of fused-ring (bicyclic) bond motifs is 1. The number of methoxy groups -OCH3 is 1. The summed E-state index contributed by atoms with van der Waals surface area (Å²) in [5, 5.41) is 12.4. The number of quaternary nitrogens is 1. The Balaban J connectivity index is 1.96. The Morgan fingerprint density at radius 2 is 1.96 bits per heavy atom. The second-order valence-electron chi connectivity index (χ2n) is 6.27. The van der Waals surface area contributed by atoms with E-state index in [1.165, 1.54) is 11.0 Å². The van der Waals surface area contributed by atoms with E-state index < -0.39 is 0 Å². The molecule has 0 atom stereocenters. The van der Waals surface area contributed by atoms with Crippen molar-refractivity contribution in [2.75, 3.05) is 20.2 Å². The van der Waals surface area contributed by atoms with Gasteiger partial charge in [-0.25, -0.2) is 0 Å². The molecule has 0 saturated carbocycles. The predicted molar refractivity (Wildman–Crippen MR) is 97.6 cm³/mol. The van der Waals surface area contributed by atoms with Crippen LogP contribution in [-0.2, 0) is 6.54 Å². The van der Waals surface area contributed by atoms with Crippen molar-refractivity contribution >= 4 is 11.9 Å². The molecule has 5 heteroatoms. The molecule has 2 aromatic rings. The van der Waals surface area contributed by atoms with E-state index in [0.29, 0.717) is 29.2 Å². The van der Waals surface area contributed by atoms with E-state index in [1.54, 1.807) is 19.3 Å². The van der Waals surface area contributed by atoms with E-state index >= 15 is 0 Å². The van der Waals surface area contributed by atoms with Gasteiger partial charge in [0, 0.05) is 5.56 Å². The van der Waals surface area contributed by atoms with E-state index in [4.69, 9.17) is 9.47 Å². The maximum Gasteiger partial charge on any atom is 0.231 e. The molecule has 0 bridgehead atoms. The zero-order valence-corrected chi connectivity index (χ0v) is 15.3. The number of nitrogens with one attached hydrogen (secondary N) is 1. The van der Waals surface area contributed by atoms with Crippen LogP contribution in [0.25, 0.3) is 6.08 Å². The second kappa shape index (κ2) is 7.62. The molecule has 0 aliphatic carbocycles. The van der Waals surface area contributed by atoms with Gasteiger partial charge in [0.15, 0.2) is 5.76 Å². The van der Waals surface area contributed by atoms with Crippen molar-refractivity contribution in [3.63, 3.8) is 0 Å². The fraction of sp³-hybridized carbons (Fsp3) is 0.286. The van der Waals surface area contributed by atoms with E-state index in [9.17, 15) is 9.90 Å². The van der Waals surface area contributed by atoms with Gasteiger partial charge < -0.3 is 19.5 Å². The zero-order valence-electron chi connectivity index (χ0n) is 15.3. The molecule has 0 saturated heterocycles. The van der Waals surface area contributed by atoms with Gasteiger partial charge in [-0.15, -0.1) is 0 Å². The Kier molecular flexibility index (Phi) is 5.28. The molecule has 0 aromatic heterocycles. The van der Waals surface area contributed by atoms with Crippen molar-refractivity contribution in [3.8, 4) is 17.2 Å². The monoisotopic (exact) mass is 353 g/mol. The Bertz CT molecular complexity index is 853. The number of rotatable bonds is 6. The molecule has 2 aromatic carbocycles. The van der Waals surface area contributed by atoms with Crippen molar-refractivity contribution in [1.82, 2.24) is 0 Å². The first-order valence-corrected chi connectivity index (χ1v) is 8.82. The lowest BCUT2D eigenvalue weighted by Crippen LogP contribution is -3.10. The molecular formula is C21H23NO4. The van der Waals surface area contributed by atoms with Crippen LogP contribution in [-0.4, -0.2) is 26.0 Å². The van der Waals surface area contributed by atoms with Crippen molar-refractivity contribution in [1.29, 1.82) is 0 Å². The van der Waals surface area contributed by atoms with Crippen LogP contribution in [0.2, 0.25) is 0 Å². The molecule has 0 amide bonds. The largest absolute Gasteiger partial charge is 0.872 e.